The van der Waals surface area contributed by atoms with Crippen molar-refractivity contribution in [2.24, 2.45) is 11.8 Å². The van der Waals surface area contributed by atoms with Gasteiger partial charge in [-0.1, -0.05) is 42.5 Å². The molecule has 3 heteroatoms. The standard InChI is InChI=1S/C16H20N2O/c17-18-16(14-8-9-19-11-14)10-13-6-3-5-12-4-1-2-7-15(12)13/h1-7,14,16,18H,8-11,17H2. The van der Waals surface area contributed by atoms with Crippen LogP contribution in [0.4, 0.5) is 0 Å². The van der Waals surface area contributed by atoms with Crippen LogP contribution in [-0.2, 0) is 11.2 Å². The molecule has 0 radical (unpaired) electrons. The van der Waals surface area contributed by atoms with Crippen LogP contribution in [0.25, 0.3) is 10.8 Å². The predicted molar refractivity (Wildman–Crippen MR) is 77.7 cm³/mol. The Hall–Kier alpha value is -1.42. The summed E-state index contributed by atoms with van der Waals surface area (Å²) < 4.78 is 5.47. The van der Waals surface area contributed by atoms with Crippen LogP contribution in [0, 0.1) is 5.92 Å². The molecule has 100 valence electrons. The van der Waals surface area contributed by atoms with Gasteiger partial charge < -0.3 is 4.74 Å². The number of nitrogens with two attached hydrogens (primary N) is 1. The molecule has 3 N–H and O–H groups in total. The molecule has 0 bridgehead atoms. The van der Waals surface area contributed by atoms with Crippen LogP contribution < -0.4 is 11.3 Å². The maximum absolute atomic E-state index is 5.74. The predicted octanol–water partition coefficient (Wildman–Crippen LogP) is 2.25. The van der Waals surface area contributed by atoms with Crippen LogP contribution in [-0.4, -0.2) is 19.3 Å². The lowest BCUT2D eigenvalue weighted by atomic mass is 9.91. The lowest BCUT2D eigenvalue weighted by Crippen LogP contribution is -2.42. The molecule has 1 heterocycles. The van der Waals surface area contributed by atoms with Crippen molar-refractivity contribution in [3.05, 3.63) is 48.0 Å². The van der Waals surface area contributed by atoms with Crippen molar-refractivity contribution in [2.45, 2.75) is 18.9 Å². The molecule has 1 aliphatic heterocycles. The summed E-state index contributed by atoms with van der Waals surface area (Å²) in [5, 5.41) is 2.61. The maximum Gasteiger partial charge on any atom is 0.0510 e. The van der Waals surface area contributed by atoms with Crippen LogP contribution in [0.5, 0.6) is 0 Å². The Morgan fingerprint density at radius 1 is 1.21 bits per heavy atom. The van der Waals surface area contributed by atoms with E-state index in [9.17, 15) is 0 Å². The fourth-order valence-electron chi connectivity index (χ4n) is 2.94. The third kappa shape index (κ3) is 2.63. The summed E-state index contributed by atoms with van der Waals surface area (Å²) in [6.45, 7) is 1.68. The molecule has 19 heavy (non-hydrogen) atoms. The quantitative estimate of drug-likeness (QED) is 0.651. The second kappa shape index (κ2) is 5.70. The van der Waals surface area contributed by atoms with Crippen molar-refractivity contribution in [2.75, 3.05) is 13.2 Å². The lowest BCUT2D eigenvalue weighted by Gasteiger charge is -2.22. The Morgan fingerprint density at radius 3 is 2.84 bits per heavy atom. The highest BCUT2D eigenvalue weighted by Gasteiger charge is 2.25. The van der Waals surface area contributed by atoms with Crippen molar-refractivity contribution in [1.29, 1.82) is 0 Å². The summed E-state index contributed by atoms with van der Waals surface area (Å²) in [4.78, 5) is 0. The van der Waals surface area contributed by atoms with Gasteiger partial charge in [-0.2, -0.15) is 0 Å². The highest BCUT2D eigenvalue weighted by Crippen LogP contribution is 2.24. The maximum atomic E-state index is 5.74. The molecule has 0 amide bonds. The third-order valence-electron chi connectivity index (χ3n) is 4.07. The Balaban J connectivity index is 1.87. The first kappa shape index (κ1) is 12.6. The molecule has 2 aromatic carbocycles. The van der Waals surface area contributed by atoms with Crippen LogP contribution in [0.15, 0.2) is 42.5 Å². The van der Waals surface area contributed by atoms with Gasteiger partial charge in [-0.05, 0) is 29.2 Å². The van der Waals surface area contributed by atoms with Gasteiger partial charge in [0.05, 0.1) is 6.61 Å². The van der Waals surface area contributed by atoms with E-state index in [1.165, 1.54) is 16.3 Å². The van der Waals surface area contributed by atoms with Gasteiger partial charge in [0.25, 0.3) is 0 Å². The van der Waals surface area contributed by atoms with Gasteiger partial charge in [0, 0.05) is 18.6 Å². The van der Waals surface area contributed by atoms with Crippen molar-refractivity contribution in [1.82, 2.24) is 5.43 Å². The summed E-state index contributed by atoms with van der Waals surface area (Å²) in [7, 11) is 0. The zero-order valence-electron chi connectivity index (χ0n) is 11.0. The Bertz CT molecular complexity index is 544. The number of hydrogen-bond acceptors (Lipinski definition) is 3. The molecule has 1 aliphatic rings. The molecule has 2 atom stereocenters. The molecule has 3 rings (SSSR count). The number of hydrazine groups is 1. The zero-order valence-corrected chi connectivity index (χ0v) is 11.0. The minimum Gasteiger partial charge on any atom is -0.381 e. The number of hydrogen-bond donors (Lipinski definition) is 2. The van der Waals surface area contributed by atoms with Crippen LogP contribution in [0.2, 0.25) is 0 Å². The number of rotatable bonds is 4. The molecule has 0 aromatic heterocycles. The normalized spacial score (nSPS) is 20.8. The van der Waals surface area contributed by atoms with Gasteiger partial charge in [0.15, 0.2) is 0 Å². The molecular formula is C16H20N2O. The van der Waals surface area contributed by atoms with Crippen molar-refractivity contribution in [3.63, 3.8) is 0 Å². The van der Waals surface area contributed by atoms with Crippen molar-refractivity contribution in [3.8, 4) is 0 Å². The first-order chi connectivity index (χ1) is 9.38. The van der Waals surface area contributed by atoms with E-state index in [-0.39, 0.29) is 6.04 Å². The SMILES string of the molecule is NNC(Cc1cccc2ccccc12)C1CCOC1. The lowest BCUT2D eigenvalue weighted by molar-refractivity contribution is 0.176. The Labute approximate surface area is 113 Å². The molecule has 2 unspecified atom stereocenters. The molecular weight excluding hydrogens is 236 g/mol. The van der Waals surface area contributed by atoms with Gasteiger partial charge in [-0.3, -0.25) is 11.3 Å². The fraction of sp³-hybridized carbons (Fsp3) is 0.375. The number of benzene rings is 2. The molecule has 0 spiro atoms. The van der Waals surface area contributed by atoms with Crippen molar-refractivity contribution < 1.29 is 4.74 Å². The van der Waals surface area contributed by atoms with Gasteiger partial charge in [0.1, 0.15) is 0 Å². The monoisotopic (exact) mass is 256 g/mol. The molecule has 0 aliphatic carbocycles. The smallest absolute Gasteiger partial charge is 0.0510 e. The average molecular weight is 256 g/mol. The number of ether oxygens (including phenoxy) is 1. The minimum atomic E-state index is 0.285. The van der Waals surface area contributed by atoms with Gasteiger partial charge in [-0.25, -0.2) is 0 Å². The largest absolute Gasteiger partial charge is 0.381 e. The summed E-state index contributed by atoms with van der Waals surface area (Å²) >= 11 is 0. The third-order valence-corrected chi connectivity index (χ3v) is 4.07. The zero-order chi connectivity index (χ0) is 13.1. The molecule has 1 fully saturated rings. The number of nitrogens with one attached hydrogen (secondary N) is 1. The minimum absolute atomic E-state index is 0.285. The van der Waals surface area contributed by atoms with Crippen LogP contribution >= 0.6 is 0 Å². The molecule has 2 aromatic rings. The summed E-state index contributed by atoms with van der Waals surface area (Å²) in [6.07, 6.45) is 2.05. The van der Waals surface area contributed by atoms with E-state index in [2.05, 4.69) is 47.9 Å². The van der Waals surface area contributed by atoms with Crippen molar-refractivity contribution >= 4 is 10.8 Å². The van der Waals surface area contributed by atoms with Gasteiger partial charge >= 0.3 is 0 Å². The average Bonchev–Trinajstić information content (AvgIpc) is 2.99. The van der Waals surface area contributed by atoms with E-state index in [0.717, 1.165) is 26.1 Å². The second-order valence-electron chi connectivity index (χ2n) is 5.24. The summed E-state index contributed by atoms with van der Waals surface area (Å²) in [5.41, 5.74) is 4.33. The van der Waals surface area contributed by atoms with E-state index in [1.54, 1.807) is 0 Å². The second-order valence-corrected chi connectivity index (χ2v) is 5.24. The first-order valence-corrected chi connectivity index (χ1v) is 6.89. The molecule has 3 nitrogen and oxygen atoms in total. The fourth-order valence-corrected chi connectivity index (χ4v) is 2.94. The number of fused-ring (bicyclic) bond motifs is 1. The van der Waals surface area contributed by atoms with Gasteiger partial charge in [-0.15, -0.1) is 0 Å². The Kier molecular flexibility index (Phi) is 3.78. The van der Waals surface area contributed by atoms with Gasteiger partial charge in [0.2, 0.25) is 0 Å². The first-order valence-electron chi connectivity index (χ1n) is 6.89. The molecule has 1 saturated heterocycles. The van der Waals surface area contributed by atoms with Crippen LogP contribution in [0.1, 0.15) is 12.0 Å². The van der Waals surface area contributed by atoms with E-state index in [0.29, 0.717) is 5.92 Å². The molecule has 0 saturated carbocycles. The summed E-state index contributed by atoms with van der Waals surface area (Å²) in [6, 6.07) is 15.3. The Morgan fingerprint density at radius 2 is 2.05 bits per heavy atom. The van der Waals surface area contributed by atoms with E-state index >= 15 is 0 Å². The van der Waals surface area contributed by atoms with E-state index in [1.807, 2.05) is 0 Å². The topological polar surface area (TPSA) is 47.3 Å². The summed E-state index contributed by atoms with van der Waals surface area (Å²) in [5.74, 6) is 6.26. The van der Waals surface area contributed by atoms with E-state index in [4.69, 9.17) is 10.6 Å². The highest BCUT2D eigenvalue weighted by atomic mass is 16.5. The highest BCUT2D eigenvalue weighted by molar-refractivity contribution is 5.85. The van der Waals surface area contributed by atoms with Crippen LogP contribution in [0.3, 0.4) is 0 Å². The van der Waals surface area contributed by atoms with E-state index < -0.39 is 0 Å².